The van der Waals surface area contributed by atoms with Crippen molar-refractivity contribution in [3.05, 3.63) is 83.4 Å². The van der Waals surface area contributed by atoms with Gasteiger partial charge in [0.05, 0.1) is 22.4 Å². The standard InChI is InChI=1S/C27H27N3O/c1-5-19(4)28-27(31)22-12-13-23-24(16-22)30-26(21-11-7-9-18(3)15-21)25(29-23)20-10-6-8-17(2)14-20/h6-16,19H,5H2,1-4H3,(H,28,31). The molecule has 156 valence electrons. The maximum Gasteiger partial charge on any atom is 0.251 e. The lowest BCUT2D eigenvalue weighted by Crippen LogP contribution is -2.31. The summed E-state index contributed by atoms with van der Waals surface area (Å²) in [6.07, 6.45) is 0.885. The van der Waals surface area contributed by atoms with Crippen LogP contribution < -0.4 is 5.32 Å². The third-order valence-corrected chi connectivity index (χ3v) is 5.50. The van der Waals surface area contributed by atoms with Crippen LogP contribution in [0.2, 0.25) is 0 Å². The van der Waals surface area contributed by atoms with Crippen molar-refractivity contribution in [2.24, 2.45) is 0 Å². The predicted octanol–water partition coefficient (Wildman–Crippen LogP) is 6.11. The van der Waals surface area contributed by atoms with E-state index in [2.05, 4.69) is 62.5 Å². The Hall–Kier alpha value is -3.53. The van der Waals surface area contributed by atoms with Crippen LogP contribution in [-0.4, -0.2) is 21.9 Å². The molecule has 0 aliphatic rings. The maximum atomic E-state index is 12.6. The Balaban J connectivity index is 1.89. The van der Waals surface area contributed by atoms with Gasteiger partial charge >= 0.3 is 0 Å². The smallest absolute Gasteiger partial charge is 0.251 e. The van der Waals surface area contributed by atoms with Crippen LogP contribution in [0.4, 0.5) is 0 Å². The third kappa shape index (κ3) is 4.48. The van der Waals surface area contributed by atoms with E-state index in [0.717, 1.165) is 40.0 Å². The van der Waals surface area contributed by atoms with Crippen molar-refractivity contribution in [1.82, 2.24) is 15.3 Å². The monoisotopic (exact) mass is 409 g/mol. The van der Waals surface area contributed by atoms with E-state index >= 15 is 0 Å². The molecule has 0 bridgehead atoms. The zero-order chi connectivity index (χ0) is 22.0. The van der Waals surface area contributed by atoms with Crippen molar-refractivity contribution >= 4 is 16.9 Å². The van der Waals surface area contributed by atoms with Crippen LogP contribution in [0.1, 0.15) is 41.8 Å². The van der Waals surface area contributed by atoms with E-state index in [1.807, 2.05) is 37.3 Å². The van der Waals surface area contributed by atoms with Crippen LogP contribution in [0, 0.1) is 13.8 Å². The van der Waals surface area contributed by atoms with Gasteiger partial charge < -0.3 is 5.32 Å². The number of hydrogen-bond acceptors (Lipinski definition) is 3. The normalized spacial score (nSPS) is 12.0. The highest BCUT2D eigenvalue weighted by molar-refractivity contribution is 5.98. The molecule has 0 radical (unpaired) electrons. The van der Waals surface area contributed by atoms with Gasteiger partial charge in [0, 0.05) is 22.7 Å². The van der Waals surface area contributed by atoms with Crippen molar-refractivity contribution in [3.63, 3.8) is 0 Å². The molecule has 1 unspecified atom stereocenters. The number of carbonyl (C=O) groups excluding carboxylic acids is 1. The first-order valence-corrected chi connectivity index (χ1v) is 10.7. The van der Waals surface area contributed by atoms with Crippen molar-refractivity contribution in [1.29, 1.82) is 0 Å². The molecular weight excluding hydrogens is 382 g/mol. The largest absolute Gasteiger partial charge is 0.350 e. The number of fused-ring (bicyclic) bond motifs is 1. The van der Waals surface area contributed by atoms with E-state index in [0.29, 0.717) is 11.1 Å². The molecular formula is C27H27N3O. The highest BCUT2D eigenvalue weighted by Crippen LogP contribution is 2.32. The fourth-order valence-electron chi connectivity index (χ4n) is 3.59. The zero-order valence-corrected chi connectivity index (χ0v) is 18.4. The van der Waals surface area contributed by atoms with Crippen LogP contribution >= 0.6 is 0 Å². The minimum atomic E-state index is -0.0853. The quantitative estimate of drug-likeness (QED) is 0.433. The van der Waals surface area contributed by atoms with Crippen LogP contribution in [0.3, 0.4) is 0 Å². The Morgan fingerprint density at radius 3 is 1.97 bits per heavy atom. The first kappa shape index (κ1) is 20.7. The highest BCUT2D eigenvalue weighted by atomic mass is 16.1. The van der Waals surface area contributed by atoms with E-state index in [1.165, 1.54) is 5.56 Å². The topological polar surface area (TPSA) is 54.9 Å². The van der Waals surface area contributed by atoms with Crippen molar-refractivity contribution < 1.29 is 4.79 Å². The van der Waals surface area contributed by atoms with Gasteiger partial charge in [0.15, 0.2) is 0 Å². The Morgan fingerprint density at radius 2 is 1.42 bits per heavy atom. The molecule has 0 saturated carbocycles. The highest BCUT2D eigenvalue weighted by Gasteiger charge is 2.16. The molecule has 0 saturated heterocycles. The number of nitrogens with one attached hydrogen (secondary N) is 1. The van der Waals surface area contributed by atoms with Gasteiger partial charge in [-0.05, 0) is 57.5 Å². The zero-order valence-electron chi connectivity index (χ0n) is 18.4. The summed E-state index contributed by atoms with van der Waals surface area (Å²) in [5.74, 6) is -0.0853. The molecule has 0 fully saturated rings. The number of aromatic nitrogens is 2. The fraction of sp³-hybridized carbons (Fsp3) is 0.222. The minimum Gasteiger partial charge on any atom is -0.350 e. The van der Waals surface area contributed by atoms with Gasteiger partial charge in [-0.1, -0.05) is 54.4 Å². The van der Waals surface area contributed by atoms with Gasteiger partial charge in [0.25, 0.3) is 5.91 Å². The van der Waals surface area contributed by atoms with Gasteiger partial charge in [0.2, 0.25) is 0 Å². The molecule has 4 nitrogen and oxygen atoms in total. The molecule has 0 aliphatic carbocycles. The summed E-state index contributed by atoms with van der Waals surface area (Å²) < 4.78 is 0. The third-order valence-electron chi connectivity index (χ3n) is 5.50. The molecule has 1 atom stereocenters. The summed E-state index contributed by atoms with van der Waals surface area (Å²) >= 11 is 0. The molecule has 3 aromatic carbocycles. The average molecular weight is 410 g/mol. The number of rotatable bonds is 5. The molecule has 1 amide bonds. The lowest BCUT2D eigenvalue weighted by molar-refractivity contribution is 0.0939. The number of benzene rings is 3. The average Bonchev–Trinajstić information content (AvgIpc) is 2.77. The molecule has 4 aromatic rings. The molecule has 1 heterocycles. The van der Waals surface area contributed by atoms with Gasteiger partial charge in [-0.25, -0.2) is 9.97 Å². The molecule has 31 heavy (non-hydrogen) atoms. The molecule has 0 spiro atoms. The van der Waals surface area contributed by atoms with E-state index in [-0.39, 0.29) is 11.9 Å². The Morgan fingerprint density at radius 1 is 0.839 bits per heavy atom. The first-order chi connectivity index (χ1) is 14.9. The van der Waals surface area contributed by atoms with E-state index in [4.69, 9.17) is 9.97 Å². The lowest BCUT2D eigenvalue weighted by atomic mass is 10.0. The summed E-state index contributed by atoms with van der Waals surface area (Å²) in [4.78, 5) is 22.6. The molecule has 1 N–H and O–H groups in total. The summed E-state index contributed by atoms with van der Waals surface area (Å²) in [5.41, 5.74) is 8.13. The molecule has 0 aliphatic heterocycles. The maximum absolute atomic E-state index is 12.6. The van der Waals surface area contributed by atoms with E-state index in [9.17, 15) is 4.79 Å². The fourth-order valence-corrected chi connectivity index (χ4v) is 3.59. The number of amides is 1. The Bertz CT molecular complexity index is 1260. The molecule has 4 heteroatoms. The first-order valence-electron chi connectivity index (χ1n) is 10.7. The Labute approximate surface area is 183 Å². The van der Waals surface area contributed by atoms with Crippen LogP contribution in [-0.2, 0) is 0 Å². The van der Waals surface area contributed by atoms with E-state index in [1.54, 1.807) is 0 Å². The summed E-state index contributed by atoms with van der Waals surface area (Å²) in [6, 6.07) is 22.3. The molecule has 1 aromatic heterocycles. The van der Waals surface area contributed by atoms with Gasteiger partial charge in [0.1, 0.15) is 0 Å². The van der Waals surface area contributed by atoms with Crippen LogP contribution in [0.5, 0.6) is 0 Å². The van der Waals surface area contributed by atoms with E-state index < -0.39 is 0 Å². The molecule has 4 rings (SSSR count). The van der Waals surface area contributed by atoms with Crippen molar-refractivity contribution in [2.75, 3.05) is 0 Å². The van der Waals surface area contributed by atoms with Crippen molar-refractivity contribution in [3.8, 4) is 22.5 Å². The summed E-state index contributed by atoms with van der Waals surface area (Å²) in [7, 11) is 0. The van der Waals surface area contributed by atoms with Gasteiger partial charge in [-0.3, -0.25) is 4.79 Å². The number of carbonyl (C=O) groups is 1. The summed E-state index contributed by atoms with van der Waals surface area (Å²) in [6.45, 7) is 8.20. The van der Waals surface area contributed by atoms with Crippen LogP contribution in [0.25, 0.3) is 33.5 Å². The second-order valence-electron chi connectivity index (χ2n) is 8.15. The van der Waals surface area contributed by atoms with Gasteiger partial charge in [-0.15, -0.1) is 0 Å². The second-order valence-corrected chi connectivity index (χ2v) is 8.15. The number of aryl methyl sites for hydroxylation is 2. The lowest BCUT2D eigenvalue weighted by Gasteiger charge is -2.13. The predicted molar refractivity (Wildman–Crippen MR) is 127 cm³/mol. The van der Waals surface area contributed by atoms with Crippen LogP contribution in [0.15, 0.2) is 66.7 Å². The minimum absolute atomic E-state index is 0.0853. The SMILES string of the molecule is CCC(C)NC(=O)c1ccc2nc(-c3cccc(C)c3)c(-c3cccc(C)c3)nc2c1. The summed E-state index contributed by atoms with van der Waals surface area (Å²) in [5, 5.41) is 3.02. The van der Waals surface area contributed by atoms with Gasteiger partial charge in [-0.2, -0.15) is 0 Å². The Kier molecular flexibility index (Phi) is 5.81. The number of nitrogens with zero attached hydrogens (tertiary/aromatic N) is 2. The number of hydrogen-bond donors (Lipinski definition) is 1. The van der Waals surface area contributed by atoms with Crippen molar-refractivity contribution in [2.45, 2.75) is 40.2 Å². The second kappa shape index (κ2) is 8.68.